The number of aromatic nitrogens is 3. The number of carbonyl (C=O) groups is 1. The number of nitrogens with zero attached hydrogens (tertiary/aromatic N) is 5. The van der Waals surface area contributed by atoms with Crippen LogP contribution in [-0.2, 0) is 22.5 Å². The van der Waals surface area contributed by atoms with Crippen LogP contribution in [0.3, 0.4) is 0 Å². The fourth-order valence-corrected chi connectivity index (χ4v) is 5.35. The van der Waals surface area contributed by atoms with E-state index in [-0.39, 0.29) is 12.2 Å². The van der Waals surface area contributed by atoms with Crippen LogP contribution in [-0.4, -0.2) is 64.8 Å². The van der Waals surface area contributed by atoms with Crippen LogP contribution < -0.4 is 4.90 Å². The van der Waals surface area contributed by atoms with Crippen molar-refractivity contribution in [1.29, 1.82) is 5.26 Å². The maximum absolute atomic E-state index is 12.3. The standard InChI is InChI=1S/C22H22N6O3S/c23-11-14-18-16(27-6-8-28(9-7-27)22(29)31-13-1-2-13)3-5-24-20(18)26-19(14)21-25-15-4-10-30-12-17(15)32-21/h3,5,13H,1-2,4,6-10,12H2,(H,24,26). The van der Waals surface area contributed by atoms with Crippen molar-refractivity contribution in [2.45, 2.75) is 32.0 Å². The molecule has 0 bridgehead atoms. The average molecular weight is 451 g/mol. The number of hydrogen-bond donors (Lipinski definition) is 1. The molecule has 0 aromatic carbocycles. The summed E-state index contributed by atoms with van der Waals surface area (Å²) in [5.41, 5.74) is 3.96. The number of thiazole rings is 1. The smallest absolute Gasteiger partial charge is 0.410 e. The summed E-state index contributed by atoms with van der Waals surface area (Å²) in [6.07, 6.45) is 4.40. The van der Waals surface area contributed by atoms with Crippen LogP contribution in [0.15, 0.2) is 12.3 Å². The lowest BCUT2D eigenvalue weighted by atomic mass is 10.1. The van der Waals surface area contributed by atoms with Gasteiger partial charge in [-0.2, -0.15) is 5.26 Å². The van der Waals surface area contributed by atoms with Crippen molar-refractivity contribution in [3.05, 3.63) is 28.4 Å². The summed E-state index contributed by atoms with van der Waals surface area (Å²) >= 11 is 1.57. The molecule has 0 radical (unpaired) electrons. The van der Waals surface area contributed by atoms with Crippen molar-refractivity contribution in [3.8, 4) is 16.8 Å². The molecule has 1 amide bonds. The van der Waals surface area contributed by atoms with Crippen LogP contribution in [0.5, 0.6) is 0 Å². The molecule has 1 N–H and O–H groups in total. The molecule has 0 atom stereocenters. The lowest BCUT2D eigenvalue weighted by molar-refractivity contribution is 0.0939. The first-order valence-corrected chi connectivity index (χ1v) is 11.7. The van der Waals surface area contributed by atoms with Gasteiger partial charge in [-0.3, -0.25) is 0 Å². The van der Waals surface area contributed by atoms with Gasteiger partial charge < -0.3 is 24.3 Å². The van der Waals surface area contributed by atoms with Crippen molar-refractivity contribution in [2.24, 2.45) is 0 Å². The van der Waals surface area contributed by atoms with E-state index in [1.54, 1.807) is 22.4 Å². The number of nitrogens with one attached hydrogen (secondary N) is 1. The van der Waals surface area contributed by atoms with Crippen molar-refractivity contribution >= 4 is 34.2 Å². The van der Waals surface area contributed by atoms with E-state index in [1.165, 1.54) is 0 Å². The molecule has 5 heterocycles. The molecule has 3 aliphatic rings. The van der Waals surface area contributed by atoms with E-state index >= 15 is 0 Å². The Hall–Kier alpha value is -3.16. The Labute approximate surface area is 188 Å². The number of hydrogen-bond acceptors (Lipinski definition) is 8. The van der Waals surface area contributed by atoms with Crippen LogP contribution in [0.2, 0.25) is 0 Å². The van der Waals surface area contributed by atoms with Crippen molar-refractivity contribution in [2.75, 3.05) is 37.7 Å². The number of fused-ring (bicyclic) bond motifs is 2. The van der Waals surface area contributed by atoms with Gasteiger partial charge in [0.2, 0.25) is 0 Å². The molecule has 1 saturated heterocycles. The summed E-state index contributed by atoms with van der Waals surface area (Å²) < 4.78 is 11.0. The predicted octanol–water partition coefficient (Wildman–Crippen LogP) is 3.05. The van der Waals surface area contributed by atoms with Crippen LogP contribution in [0.25, 0.3) is 21.7 Å². The second-order valence-electron chi connectivity index (χ2n) is 8.29. The maximum Gasteiger partial charge on any atom is 0.410 e. The molecule has 1 aliphatic carbocycles. The minimum atomic E-state index is -0.217. The van der Waals surface area contributed by atoms with Gasteiger partial charge in [0.1, 0.15) is 22.8 Å². The van der Waals surface area contributed by atoms with E-state index in [0.29, 0.717) is 56.3 Å². The van der Waals surface area contributed by atoms with Gasteiger partial charge in [-0.05, 0) is 18.9 Å². The molecule has 2 fully saturated rings. The summed E-state index contributed by atoms with van der Waals surface area (Å²) in [5.74, 6) is 0. The van der Waals surface area contributed by atoms with Crippen LogP contribution >= 0.6 is 11.3 Å². The number of anilines is 1. The highest BCUT2D eigenvalue weighted by Gasteiger charge is 2.31. The number of nitriles is 1. The van der Waals surface area contributed by atoms with Crippen LogP contribution in [0.4, 0.5) is 10.5 Å². The van der Waals surface area contributed by atoms with Crippen molar-refractivity contribution in [1.82, 2.24) is 19.9 Å². The average Bonchev–Trinajstić information content (AvgIpc) is 3.40. The molecule has 164 valence electrons. The number of piperazine rings is 1. The third kappa shape index (κ3) is 3.38. The topological polar surface area (TPSA) is 107 Å². The molecule has 10 heteroatoms. The second-order valence-corrected chi connectivity index (χ2v) is 9.37. The van der Waals surface area contributed by atoms with E-state index in [4.69, 9.17) is 14.5 Å². The lowest BCUT2D eigenvalue weighted by Gasteiger charge is -2.35. The van der Waals surface area contributed by atoms with Crippen LogP contribution in [0, 0.1) is 11.3 Å². The van der Waals surface area contributed by atoms with E-state index < -0.39 is 0 Å². The zero-order valence-electron chi connectivity index (χ0n) is 17.5. The molecular formula is C22H22N6O3S. The third-order valence-electron chi connectivity index (χ3n) is 6.16. The number of rotatable bonds is 3. The molecule has 0 unspecified atom stereocenters. The molecule has 6 rings (SSSR count). The first-order valence-electron chi connectivity index (χ1n) is 10.9. The maximum atomic E-state index is 12.3. The zero-order valence-corrected chi connectivity index (χ0v) is 18.3. The minimum absolute atomic E-state index is 0.111. The molecule has 3 aromatic rings. The highest BCUT2D eigenvalue weighted by molar-refractivity contribution is 7.15. The summed E-state index contributed by atoms with van der Waals surface area (Å²) in [6.45, 7) is 3.79. The molecule has 0 spiro atoms. The van der Waals surface area contributed by atoms with E-state index in [2.05, 4.69) is 20.9 Å². The summed E-state index contributed by atoms with van der Waals surface area (Å²) in [5, 5.41) is 11.7. The number of H-pyrrole nitrogens is 1. The Kier molecular flexibility index (Phi) is 4.73. The van der Waals surface area contributed by atoms with Gasteiger partial charge in [0.15, 0.2) is 0 Å². The Morgan fingerprint density at radius 2 is 2.16 bits per heavy atom. The van der Waals surface area contributed by atoms with E-state index in [9.17, 15) is 10.1 Å². The SMILES string of the molecule is N#Cc1c(-c2nc3c(s2)COCC3)[nH]c2nccc(N3CCN(C(=O)OC4CC4)CC3)c12. The normalized spacial score (nSPS) is 18.5. The van der Waals surface area contributed by atoms with Gasteiger partial charge in [-0.15, -0.1) is 11.3 Å². The number of amides is 1. The highest BCUT2D eigenvalue weighted by Crippen LogP contribution is 2.38. The highest BCUT2D eigenvalue weighted by atomic mass is 32.1. The van der Waals surface area contributed by atoms with Gasteiger partial charge in [-0.1, -0.05) is 0 Å². The largest absolute Gasteiger partial charge is 0.446 e. The van der Waals surface area contributed by atoms with E-state index in [0.717, 1.165) is 45.9 Å². The van der Waals surface area contributed by atoms with Crippen LogP contribution in [0.1, 0.15) is 29.0 Å². The minimum Gasteiger partial charge on any atom is -0.446 e. The Morgan fingerprint density at radius 1 is 1.31 bits per heavy atom. The van der Waals surface area contributed by atoms with Gasteiger partial charge >= 0.3 is 6.09 Å². The Bertz CT molecular complexity index is 1210. The fourth-order valence-electron chi connectivity index (χ4n) is 4.30. The monoisotopic (exact) mass is 450 g/mol. The number of aromatic amines is 1. The number of carbonyl (C=O) groups excluding carboxylic acids is 1. The molecule has 32 heavy (non-hydrogen) atoms. The first kappa shape index (κ1) is 19.5. The lowest BCUT2D eigenvalue weighted by Crippen LogP contribution is -2.49. The Morgan fingerprint density at radius 3 is 2.91 bits per heavy atom. The summed E-state index contributed by atoms with van der Waals surface area (Å²) in [4.78, 5) is 30.0. The first-order chi connectivity index (χ1) is 15.7. The van der Waals surface area contributed by atoms with Gasteiger partial charge in [-0.25, -0.2) is 14.8 Å². The van der Waals surface area contributed by atoms with Crippen molar-refractivity contribution in [3.63, 3.8) is 0 Å². The molecule has 2 aliphatic heterocycles. The molecule has 9 nitrogen and oxygen atoms in total. The zero-order chi connectivity index (χ0) is 21.7. The molecule has 3 aromatic heterocycles. The quantitative estimate of drug-likeness (QED) is 0.653. The summed E-state index contributed by atoms with van der Waals surface area (Å²) in [7, 11) is 0. The predicted molar refractivity (Wildman–Crippen MR) is 119 cm³/mol. The summed E-state index contributed by atoms with van der Waals surface area (Å²) in [6, 6.07) is 4.33. The Balaban J connectivity index is 1.31. The van der Waals surface area contributed by atoms with Gasteiger partial charge in [0, 0.05) is 38.8 Å². The second kappa shape index (κ2) is 7.76. The fraction of sp³-hybridized carbons (Fsp3) is 0.455. The van der Waals surface area contributed by atoms with Gasteiger partial charge in [0.05, 0.1) is 46.1 Å². The number of ether oxygens (including phenoxy) is 2. The molecular weight excluding hydrogens is 428 g/mol. The third-order valence-corrected chi connectivity index (χ3v) is 7.25. The molecule has 1 saturated carbocycles. The number of pyridine rings is 1. The van der Waals surface area contributed by atoms with Gasteiger partial charge in [0.25, 0.3) is 0 Å². The van der Waals surface area contributed by atoms with Crippen molar-refractivity contribution < 1.29 is 14.3 Å². The van der Waals surface area contributed by atoms with E-state index in [1.807, 2.05) is 6.07 Å².